The molecule has 0 spiro atoms. The lowest BCUT2D eigenvalue weighted by atomic mass is 10.0. The minimum absolute atomic E-state index is 0.0738. The van der Waals surface area contributed by atoms with E-state index in [1.807, 2.05) is 24.4 Å². The highest BCUT2D eigenvalue weighted by Gasteiger charge is 2.57. The number of rotatable bonds is 13. The van der Waals surface area contributed by atoms with Crippen LogP contribution >= 0.6 is 11.3 Å². The highest BCUT2D eigenvalue weighted by molar-refractivity contribution is 7.22. The Balaban J connectivity index is 1.23. The molecular formula is C34H31F2N5O4S. The summed E-state index contributed by atoms with van der Waals surface area (Å²) in [5, 5.41) is 3.32. The van der Waals surface area contributed by atoms with Gasteiger partial charge in [-0.05, 0) is 79.9 Å². The lowest BCUT2D eigenvalue weighted by Gasteiger charge is -2.26. The van der Waals surface area contributed by atoms with Crippen molar-refractivity contribution in [2.75, 3.05) is 31.7 Å². The van der Waals surface area contributed by atoms with E-state index >= 15 is 4.39 Å². The molecule has 0 radical (unpaired) electrons. The summed E-state index contributed by atoms with van der Waals surface area (Å²) in [7, 11) is 1.67. The summed E-state index contributed by atoms with van der Waals surface area (Å²) in [6, 6.07) is 16.8. The van der Waals surface area contributed by atoms with E-state index in [1.54, 1.807) is 19.4 Å². The predicted octanol–water partition coefficient (Wildman–Crippen LogP) is 6.14. The Morgan fingerprint density at radius 1 is 0.978 bits per heavy atom. The molecule has 0 unspecified atom stereocenters. The number of fused-ring (bicyclic) bond motifs is 1. The number of carbonyl (C=O) groups excluding carboxylic acids is 2. The molecule has 3 N–H and O–H groups in total. The van der Waals surface area contributed by atoms with E-state index in [0.717, 1.165) is 46.4 Å². The van der Waals surface area contributed by atoms with Crippen molar-refractivity contribution in [3.63, 3.8) is 0 Å². The van der Waals surface area contributed by atoms with Gasteiger partial charge in [0.05, 0.1) is 33.1 Å². The quantitative estimate of drug-likeness (QED) is 0.117. The number of hydrogen-bond acceptors (Lipinski definition) is 8. The van der Waals surface area contributed by atoms with Gasteiger partial charge in [-0.3, -0.25) is 24.5 Å². The first-order valence-corrected chi connectivity index (χ1v) is 15.5. The molecule has 46 heavy (non-hydrogen) atoms. The molecule has 0 saturated heterocycles. The van der Waals surface area contributed by atoms with Crippen molar-refractivity contribution >= 4 is 44.7 Å². The van der Waals surface area contributed by atoms with Crippen LogP contribution in [0.4, 0.5) is 20.2 Å². The van der Waals surface area contributed by atoms with Crippen LogP contribution in [-0.2, 0) is 20.7 Å². The maximum atomic E-state index is 15.6. The Hall–Kier alpha value is -4.78. The van der Waals surface area contributed by atoms with Crippen LogP contribution in [0.1, 0.15) is 18.4 Å². The maximum absolute atomic E-state index is 15.6. The number of ether oxygens (including phenoxy) is 2. The standard InChI is InChI=1S/C34H31F2N5O4S/c1-44-17-16-38-14-10-21-2-8-26(40-20-21)30-19-27-31(46-30)29(11-15-39-27)45-28-9-7-24(18-25(28)36)41(23-5-3-22(35)4-6-23)33(43)34(12-13-34)32(37)42/h2-9,11,15,18-20,38H,10,12-14,16-17H2,1H3,(H2,37,42). The van der Waals surface area contributed by atoms with Crippen molar-refractivity contribution in [1.29, 1.82) is 0 Å². The monoisotopic (exact) mass is 643 g/mol. The van der Waals surface area contributed by atoms with Gasteiger partial charge in [0, 0.05) is 43.9 Å². The van der Waals surface area contributed by atoms with Gasteiger partial charge in [0.25, 0.3) is 0 Å². The number of hydrogen-bond donors (Lipinski definition) is 2. The summed E-state index contributed by atoms with van der Waals surface area (Å²) in [5.41, 5.74) is 7.17. The summed E-state index contributed by atoms with van der Waals surface area (Å²) < 4.78 is 41.1. The van der Waals surface area contributed by atoms with E-state index in [0.29, 0.717) is 17.9 Å². The Kier molecular flexibility index (Phi) is 9.02. The number of thiophene rings is 1. The molecule has 236 valence electrons. The summed E-state index contributed by atoms with van der Waals surface area (Å²) in [4.78, 5) is 36.9. The second kappa shape index (κ2) is 13.3. The minimum atomic E-state index is -1.38. The van der Waals surface area contributed by atoms with Crippen LogP contribution in [0.5, 0.6) is 11.5 Å². The van der Waals surface area contributed by atoms with Crippen LogP contribution < -0.4 is 20.7 Å². The molecule has 9 nitrogen and oxygen atoms in total. The third-order valence-electron chi connectivity index (χ3n) is 7.84. The summed E-state index contributed by atoms with van der Waals surface area (Å²) in [5.74, 6) is -2.25. The fourth-order valence-electron chi connectivity index (χ4n) is 5.08. The Bertz CT molecular complexity index is 1880. The third-order valence-corrected chi connectivity index (χ3v) is 9.00. The average Bonchev–Trinajstić information content (AvgIpc) is 3.76. The number of carbonyl (C=O) groups is 2. The highest BCUT2D eigenvalue weighted by atomic mass is 32.1. The molecule has 5 aromatic rings. The molecule has 1 aliphatic carbocycles. The smallest absolute Gasteiger partial charge is 0.247 e. The van der Waals surface area contributed by atoms with Crippen LogP contribution in [-0.4, -0.2) is 48.6 Å². The molecular weight excluding hydrogens is 612 g/mol. The largest absolute Gasteiger partial charge is 0.453 e. The SMILES string of the molecule is COCCNCCc1ccc(-c2cc3nccc(Oc4ccc(N(C(=O)C5(C(N)=O)CC5)c5ccc(F)cc5)cc4F)c3s2)nc1. The van der Waals surface area contributed by atoms with Crippen LogP contribution in [0.15, 0.2) is 79.1 Å². The fourth-order valence-corrected chi connectivity index (χ4v) is 6.12. The first-order valence-electron chi connectivity index (χ1n) is 14.7. The van der Waals surface area contributed by atoms with Crippen molar-refractivity contribution in [2.45, 2.75) is 19.3 Å². The zero-order valence-electron chi connectivity index (χ0n) is 25.0. The Morgan fingerprint density at radius 3 is 2.43 bits per heavy atom. The predicted molar refractivity (Wildman–Crippen MR) is 172 cm³/mol. The number of anilines is 2. The molecule has 3 heterocycles. The van der Waals surface area contributed by atoms with E-state index in [1.165, 1.54) is 52.6 Å². The van der Waals surface area contributed by atoms with Crippen molar-refractivity contribution in [3.8, 4) is 22.1 Å². The fraction of sp³-hybridized carbons (Fsp3) is 0.235. The van der Waals surface area contributed by atoms with Gasteiger partial charge in [0.15, 0.2) is 11.6 Å². The molecule has 1 fully saturated rings. The van der Waals surface area contributed by atoms with E-state index in [-0.39, 0.29) is 30.0 Å². The van der Waals surface area contributed by atoms with Gasteiger partial charge >= 0.3 is 0 Å². The second-order valence-electron chi connectivity index (χ2n) is 11.0. The number of nitrogens with one attached hydrogen (secondary N) is 1. The number of halogens is 2. The van der Waals surface area contributed by atoms with Gasteiger partial charge < -0.3 is 20.5 Å². The summed E-state index contributed by atoms with van der Waals surface area (Å²) in [6.07, 6.45) is 4.86. The highest BCUT2D eigenvalue weighted by Crippen LogP contribution is 2.49. The van der Waals surface area contributed by atoms with Gasteiger partial charge in [0.2, 0.25) is 11.8 Å². The number of pyridine rings is 2. The normalized spacial score (nSPS) is 13.5. The van der Waals surface area contributed by atoms with E-state index < -0.39 is 28.9 Å². The van der Waals surface area contributed by atoms with Crippen LogP contribution in [0, 0.1) is 17.0 Å². The Morgan fingerprint density at radius 2 is 1.76 bits per heavy atom. The third kappa shape index (κ3) is 6.45. The molecule has 1 saturated carbocycles. The zero-order chi connectivity index (χ0) is 32.3. The molecule has 2 amide bonds. The molecule has 1 aliphatic rings. The minimum Gasteiger partial charge on any atom is -0.453 e. The molecule has 6 rings (SSSR count). The van der Waals surface area contributed by atoms with Gasteiger partial charge in [-0.25, -0.2) is 8.78 Å². The molecule has 3 aromatic heterocycles. The average molecular weight is 644 g/mol. The van der Waals surface area contributed by atoms with Crippen LogP contribution in [0.25, 0.3) is 20.8 Å². The number of benzene rings is 2. The number of primary amides is 1. The Labute approximate surface area is 268 Å². The molecule has 2 aromatic carbocycles. The van der Waals surface area contributed by atoms with Crippen LogP contribution in [0.3, 0.4) is 0 Å². The topological polar surface area (TPSA) is 120 Å². The second-order valence-corrected chi connectivity index (χ2v) is 12.0. The molecule has 12 heteroatoms. The zero-order valence-corrected chi connectivity index (χ0v) is 25.8. The number of nitrogens with two attached hydrogens (primary N) is 1. The first kappa shape index (κ1) is 31.2. The number of methoxy groups -OCH3 is 1. The lowest BCUT2D eigenvalue weighted by Crippen LogP contribution is -2.41. The number of amides is 2. The van der Waals surface area contributed by atoms with Crippen molar-refractivity contribution in [1.82, 2.24) is 15.3 Å². The van der Waals surface area contributed by atoms with Crippen LogP contribution in [0.2, 0.25) is 0 Å². The van der Waals surface area contributed by atoms with Gasteiger partial charge in [-0.1, -0.05) is 6.07 Å². The summed E-state index contributed by atoms with van der Waals surface area (Å²) >= 11 is 1.43. The lowest BCUT2D eigenvalue weighted by molar-refractivity contribution is -0.133. The van der Waals surface area contributed by atoms with Crippen molar-refractivity contribution in [2.24, 2.45) is 11.1 Å². The van der Waals surface area contributed by atoms with Crippen molar-refractivity contribution in [3.05, 3.63) is 96.3 Å². The molecule has 0 atom stereocenters. The van der Waals surface area contributed by atoms with E-state index in [9.17, 15) is 14.0 Å². The first-order chi connectivity index (χ1) is 22.3. The number of aromatic nitrogens is 2. The van der Waals surface area contributed by atoms with Gasteiger partial charge in [0.1, 0.15) is 17.0 Å². The van der Waals surface area contributed by atoms with Gasteiger partial charge in [-0.2, -0.15) is 0 Å². The summed E-state index contributed by atoms with van der Waals surface area (Å²) in [6.45, 7) is 2.28. The van der Waals surface area contributed by atoms with E-state index in [4.69, 9.17) is 15.2 Å². The van der Waals surface area contributed by atoms with Gasteiger partial charge in [-0.15, -0.1) is 11.3 Å². The molecule has 0 bridgehead atoms. The van der Waals surface area contributed by atoms with E-state index in [2.05, 4.69) is 15.3 Å². The number of nitrogens with zero attached hydrogens (tertiary/aromatic N) is 3. The van der Waals surface area contributed by atoms with Crippen molar-refractivity contribution < 1.29 is 27.8 Å². The molecule has 0 aliphatic heterocycles. The maximum Gasteiger partial charge on any atom is 0.247 e.